The Morgan fingerprint density at radius 3 is 2.48 bits per heavy atom. The van der Waals surface area contributed by atoms with Crippen LogP contribution in [0.5, 0.6) is 0 Å². The molecule has 2 aromatic rings. The lowest BCUT2D eigenvalue weighted by molar-refractivity contribution is -0.145. The van der Waals surface area contributed by atoms with Gasteiger partial charge in [0, 0.05) is 11.4 Å². The lowest BCUT2D eigenvalue weighted by Crippen LogP contribution is -2.37. The van der Waals surface area contributed by atoms with Crippen LogP contribution >= 0.6 is 11.3 Å². The molecule has 1 heterocycles. The van der Waals surface area contributed by atoms with Gasteiger partial charge in [-0.3, -0.25) is 9.59 Å². The third kappa shape index (κ3) is 4.16. The Morgan fingerprint density at radius 1 is 1.19 bits per heavy atom. The number of carboxylic acids is 1. The van der Waals surface area contributed by atoms with E-state index in [1.54, 1.807) is 0 Å². The van der Waals surface area contributed by atoms with E-state index in [1.165, 1.54) is 16.2 Å². The number of hydrogen-bond donors (Lipinski definition) is 1. The van der Waals surface area contributed by atoms with Gasteiger partial charge in [0.25, 0.3) is 0 Å². The first-order chi connectivity index (χ1) is 10.1. The van der Waals surface area contributed by atoms with Crippen LogP contribution in [-0.4, -0.2) is 28.4 Å². The van der Waals surface area contributed by atoms with E-state index in [0.717, 1.165) is 10.4 Å². The van der Waals surface area contributed by atoms with Crippen LogP contribution in [0.15, 0.2) is 47.8 Å². The number of carboxylic acid groups (broad SMARTS) is 1. The molecule has 110 valence electrons. The van der Waals surface area contributed by atoms with E-state index in [4.69, 9.17) is 5.11 Å². The van der Waals surface area contributed by atoms with Gasteiger partial charge >= 0.3 is 5.97 Å². The fourth-order valence-electron chi connectivity index (χ4n) is 2.11. The Labute approximate surface area is 127 Å². The highest BCUT2D eigenvalue weighted by atomic mass is 32.1. The third-order valence-corrected chi connectivity index (χ3v) is 4.25. The summed E-state index contributed by atoms with van der Waals surface area (Å²) in [7, 11) is 0. The van der Waals surface area contributed by atoms with Crippen LogP contribution in [0.3, 0.4) is 0 Å². The fourth-order valence-corrected chi connectivity index (χ4v) is 2.89. The molecule has 0 spiro atoms. The molecule has 1 amide bonds. The van der Waals surface area contributed by atoms with Crippen molar-refractivity contribution in [2.75, 3.05) is 6.54 Å². The Bertz CT molecular complexity index is 595. The summed E-state index contributed by atoms with van der Waals surface area (Å²) in [5.74, 6) is -1.49. The molecule has 0 fully saturated rings. The van der Waals surface area contributed by atoms with Crippen molar-refractivity contribution in [2.24, 2.45) is 0 Å². The van der Waals surface area contributed by atoms with Gasteiger partial charge in [0.1, 0.15) is 6.54 Å². The van der Waals surface area contributed by atoms with E-state index in [-0.39, 0.29) is 18.4 Å². The predicted octanol–water partition coefficient (Wildman–Crippen LogP) is 2.97. The van der Waals surface area contributed by atoms with Gasteiger partial charge in [-0.15, -0.1) is 11.3 Å². The average Bonchev–Trinajstić information content (AvgIpc) is 3.00. The van der Waals surface area contributed by atoms with E-state index in [2.05, 4.69) is 0 Å². The molecule has 0 aliphatic heterocycles. The molecular formula is C16H17NO3S. The minimum Gasteiger partial charge on any atom is -0.480 e. The second kappa shape index (κ2) is 7.04. The third-order valence-electron chi connectivity index (χ3n) is 3.19. The second-order valence-electron chi connectivity index (χ2n) is 4.81. The second-order valence-corrected chi connectivity index (χ2v) is 5.79. The van der Waals surface area contributed by atoms with Crippen molar-refractivity contribution < 1.29 is 14.7 Å². The van der Waals surface area contributed by atoms with Gasteiger partial charge in [-0.2, -0.15) is 0 Å². The molecule has 4 nitrogen and oxygen atoms in total. The van der Waals surface area contributed by atoms with E-state index in [1.807, 2.05) is 54.8 Å². The standard InChI is InChI=1S/C16H17NO3S/c1-12(14-8-5-9-21-14)16(20)17(11-15(18)19)10-13-6-3-2-4-7-13/h2-9,12H,10-11H2,1H3,(H,18,19). The lowest BCUT2D eigenvalue weighted by atomic mass is 10.1. The summed E-state index contributed by atoms with van der Waals surface area (Å²) in [6.07, 6.45) is 0. The van der Waals surface area contributed by atoms with Crippen LogP contribution in [0.1, 0.15) is 23.3 Å². The molecule has 1 atom stereocenters. The molecule has 1 unspecified atom stereocenters. The summed E-state index contributed by atoms with van der Waals surface area (Å²) in [4.78, 5) is 25.9. The van der Waals surface area contributed by atoms with Crippen molar-refractivity contribution in [3.8, 4) is 0 Å². The van der Waals surface area contributed by atoms with Crippen LogP contribution < -0.4 is 0 Å². The monoisotopic (exact) mass is 303 g/mol. The minimum absolute atomic E-state index is 0.163. The number of aliphatic carboxylic acids is 1. The number of hydrogen-bond acceptors (Lipinski definition) is 3. The summed E-state index contributed by atoms with van der Waals surface area (Å²) in [5, 5.41) is 10.9. The van der Waals surface area contributed by atoms with Crippen LogP contribution in [0.4, 0.5) is 0 Å². The Morgan fingerprint density at radius 2 is 1.90 bits per heavy atom. The first-order valence-electron chi connectivity index (χ1n) is 6.66. The number of carbonyl (C=O) groups excluding carboxylic acids is 1. The van der Waals surface area contributed by atoms with Gasteiger partial charge in [0.2, 0.25) is 5.91 Å². The van der Waals surface area contributed by atoms with Crippen molar-refractivity contribution >= 4 is 23.2 Å². The molecule has 0 aliphatic rings. The molecule has 0 aliphatic carbocycles. The highest BCUT2D eigenvalue weighted by molar-refractivity contribution is 7.10. The maximum atomic E-state index is 12.6. The maximum Gasteiger partial charge on any atom is 0.323 e. The number of nitrogens with zero attached hydrogens (tertiary/aromatic N) is 1. The molecule has 0 radical (unpaired) electrons. The van der Waals surface area contributed by atoms with Gasteiger partial charge in [-0.05, 0) is 23.9 Å². The highest BCUT2D eigenvalue weighted by Gasteiger charge is 2.24. The summed E-state index contributed by atoms with van der Waals surface area (Å²) < 4.78 is 0. The molecule has 1 aromatic heterocycles. The zero-order valence-electron chi connectivity index (χ0n) is 11.7. The van der Waals surface area contributed by atoms with Gasteiger partial charge in [-0.1, -0.05) is 36.4 Å². The molecule has 2 rings (SSSR count). The number of benzene rings is 1. The fraction of sp³-hybridized carbons (Fsp3) is 0.250. The first kappa shape index (κ1) is 15.3. The largest absolute Gasteiger partial charge is 0.480 e. The smallest absolute Gasteiger partial charge is 0.323 e. The topological polar surface area (TPSA) is 57.6 Å². The van der Waals surface area contributed by atoms with Crippen molar-refractivity contribution in [3.63, 3.8) is 0 Å². The first-order valence-corrected chi connectivity index (χ1v) is 7.54. The van der Waals surface area contributed by atoms with Crippen LogP contribution in [0, 0.1) is 0 Å². The summed E-state index contributed by atoms with van der Waals surface area (Å²) in [5.41, 5.74) is 0.922. The average molecular weight is 303 g/mol. The van der Waals surface area contributed by atoms with E-state index >= 15 is 0 Å². The van der Waals surface area contributed by atoms with E-state index in [0.29, 0.717) is 6.54 Å². The van der Waals surface area contributed by atoms with Gasteiger partial charge < -0.3 is 10.0 Å². The zero-order valence-corrected chi connectivity index (χ0v) is 12.5. The quantitative estimate of drug-likeness (QED) is 0.892. The lowest BCUT2D eigenvalue weighted by Gasteiger charge is -2.24. The summed E-state index contributed by atoms with van der Waals surface area (Å²) in [6, 6.07) is 13.2. The predicted molar refractivity (Wildman–Crippen MR) is 82.2 cm³/mol. The van der Waals surface area contributed by atoms with Crippen molar-refractivity contribution in [1.82, 2.24) is 4.90 Å². The summed E-state index contributed by atoms with van der Waals surface area (Å²) in [6.45, 7) is 1.83. The van der Waals surface area contributed by atoms with Crippen LogP contribution in [-0.2, 0) is 16.1 Å². The highest BCUT2D eigenvalue weighted by Crippen LogP contribution is 2.23. The SMILES string of the molecule is CC(C(=O)N(CC(=O)O)Cc1ccccc1)c1cccs1. The van der Waals surface area contributed by atoms with Gasteiger partial charge in [-0.25, -0.2) is 0 Å². The molecule has 1 aromatic carbocycles. The zero-order chi connectivity index (χ0) is 15.2. The Kier molecular flexibility index (Phi) is 5.11. The molecule has 0 saturated carbocycles. The number of rotatable bonds is 6. The number of amides is 1. The van der Waals surface area contributed by atoms with Crippen LogP contribution in [0.25, 0.3) is 0 Å². The molecular weight excluding hydrogens is 286 g/mol. The number of carbonyl (C=O) groups is 2. The van der Waals surface area contributed by atoms with Crippen molar-refractivity contribution in [1.29, 1.82) is 0 Å². The normalized spacial score (nSPS) is 11.9. The molecule has 5 heteroatoms. The van der Waals surface area contributed by atoms with Crippen LogP contribution in [0.2, 0.25) is 0 Å². The van der Waals surface area contributed by atoms with Gasteiger partial charge in [0.05, 0.1) is 5.92 Å². The number of thiophene rings is 1. The van der Waals surface area contributed by atoms with E-state index < -0.39 is 5.97 Å². The Hall–Kier alpha value is -2.14. The maximum absolute atomic E-state index is 12.6. The van der Waals surface area contributed by atoms with Gasteiger partial charge in [0.15, 0.2) is 0 Å². The molecule has 0 saturated heterocycles. The minimum atomic E-state index is -1.00. The summed E-state index contributed by atoms with van der Waals surface area (Å²) >= 11 is 1.51. The van der Waals surface area contributed by atoms with E-state index in [9.17, 15) is 9.59 Å². The molecule has 1 N–H and O–H groups in total. The molecule has 21 heavy (non-hydrogen) atoms. The molecule has 0 bridgehead atoms. The van der Waals surface area contributed by atoms with Crippen molar-refractivity contribution in [2.45, 2.75) is 19.4 Å². The Balaban J connectivity index is 2.15. The van der Waals surface area contributed by atoms with Crippen molar-refractivity contribution in [3.05, 3.63) is 58.3 Å².